The highest BCUT2D eigenvalue weighted by Gasteiger charge is 2.24. The van der Waals surface area contributed by atoms with Crippen LogP contribution in [-0.4, -0.2) is 48.6 Å². The van der Waals surface area contributed by atoms with Crippen LogP contribution in [-0.2, 0) is 0 Å². The second kappa shape index (κ2) is 9.24. The van der Waals surface area contributed by atoms with Gasteiger partial charge in [-0.15, -0.1) is 0 Å². The van der Waals surface area contributed by atoms with Crippen LogP contribution in [0.15, 0.2) is 53.4 Å². The van der Waals surface area contributed by atoms with E-state index in [-0.39, 0.29) is 0 Å². The molecule has 3 aromatic rings. The van der Waals surface area contributed by atoms with Crippen molar-refractivity contribution in [2.75, 3.05) is 38.1 Å². The third kappa shape index (κ3) is 4.32. The number of rotatable bonds is 5. The number of fused-ring (bicyclic) bond motifs is 1. The van der Waals surface area contributed by atoms with Gasteiger partial charge in [-0.1, -0.05) is 32.0 Å². The summed E-state index contributed by atoms with van der Waals surface area (Å²) < 4.78 is 2.44. The summed E-state index contributed by atoms with van der Waals surface area (Å²) in [6, 6.07) is 18.4. The Bertz CT molecular complexity index is 914. The quantitative estimate of drug-likeness (QED) is 0.556. The van der Waals surface area contributed by atoms with Gasteiger partial charge in [0.15, 0.2) is 0 Å². The number of para-hydroxylation sites is 1. The van der Waals surface area contributed by atoms with Crippen LogP contribution in [0.25, 0.3) is 22.2 Å². The molecule has 0 amide bonds. The summed E-state index contributed by atoms with van der Waals surface area (Å²) in [5, 5.41) is 4.71. The van der Waals surface area contributed by atoms with Gasteiger partial charge in [-0.2, -0.15) is 0 Å². The summed E-state index contributed by atoms with van der Waals surface area (Å²) in [5.41, 5.74) is 5.07. The van der Waals surface area contributed by atoms with E-state index in [1.54, 1.807) is 0 Å². The van der Waals surface area contributed by atoms with E-state index in [0.29, 0.717) is 6.04 Å². The van der Waals surface area contributed by atoms with E-state index in [2.05, 4.69) is 75.1 Å². The highest BCUT2D eigenvalue weighted by Crippen LogP contribution is 2.38. The van der Waals surface area contributed by atoms with Crippen molar-refractivity contribution in [3.63, 3.8) is 0 Å². The molecule has 1 aromatic heterocycles. The lowest BCUT2D eigenvalue weighted by molar-refractivity contribution is 0.344. The van der Waals surface area contributed by atoms with Crippen molar-refractivity contribution in [2.24, 2.45) is 0 Å². The topological polar surface area (TPSA) is 34.3 Å². The van der Waals surface area contributed by atoms with Gasteiger partial charge in [0.25, 0.3) is 0 Å². The molecule has 1 atom stereocenters. The molecule has 4 nitrogen and oxygen atoms in total. The molecule has 2 aliphatic heterocycles. The highest BCUT2D eigenvalue weighted by atomic mass is 32.2. The van der Waals surface area contributed by atoms with Crippen LogP contribution >= 0.6 is 11.9 Å². The number of aromatic nitrogens is 1. The third-order valence-electron chi connectivity index (χ3n) is 5.77. The average Bonchev–Trinajstić information content (AvgIpc) is 3.39. The molecule has 29 heavy (non-hydrogen) atoms. The zero-order valence-corrected chi connectivity index (χ0v) is 18.6. The van der Waals surface area contributed by atoms with Crippen LogP contribution in [0.4, 0.5) is 5.69 Å². The van der Waals surface area contributed by atoms with E-state index in [0.717, 1.165) is 13.1 Å². The molecule has 0 aliphatic carbocycles. The Kier molecular flexibility index (Phi) is 6.48. The lowest BCUT2D eigenvalue weighted by Gasteiger charge is -2.29. The minimum Gasteiger partial charge on any atom is -0.369 e. The molecule has 154 valence electrons. The first-order valence-corrected chi connectivity index (χ1v) is 11.6. The van der Waals surface area contributed by atoms with Crippen LogP contribution < -0.4 is 10.2 Å². The molecular formula is C24H32N4S. The van der Waals surface area contributed by atoms with Crippen LogP contribution in [0.3, 0.4) is 0 Å². The minimum atomic E-state index is 0.579. The Labute approximate surface area is 178 Å². The molecule has 0 saturated carbocycles. The van der Waals surface area contributed by atoms with E-state index in [9.17, 15) is 0 Å². The first-order chi connectivity index (χ1) is 14.3. The maximum atomic E-state index is 3.64. The molecule has 2 aliphatic rings. The summed E-state index contributed by atoms with van der Waals surface area (Å²) in [7, 11) is 2.07. The Morgan fingerprint density at radius 3 is 2.55 bits per heavy atom. The van der Waals surface area contributed by atoms with Crippen molar-refractivity contribution in [3.05, 3.63) is 48.5 Å². The molecular weight excluding hydrogens is 376 g/mol. The molecule has 1 unspecified atom stereocenters. The number of likely N-dealkylation sites (N-methyl/N-ethyl adjacent to an activating group) is 1. The number of nitrogens with zero attached hydrogens (tertiary/aromatic N) is 2. The number of hydrogen-bond acceptors (Lipinski definition) is 4. The van der Waals surface area contributed by atoms with Gasteiger partial charge in [0.05, 0.1) is 0 Å². The largest absolute Gasteiger partial charge is 0.369 e. The van der Waals surface area contributed by atoms with E-state index in [4.69, 9.17) is 0 Å². The molecule has 2 saturated heterocycles. The minimum absolute atomic E-state index is 0.579. The van der Waals surface area contributed by atoms with E-state index in [1.165, 1.54) is 58.7 Å². The van der Waals surface area contributed by atoms with Gasteiger partial charge in [-0.25, -0.2) is 4.31 Å². The first-order valence-electron chi connectivity index (χ1n) is 10.9. The number of aromatic amines is 1. The third-order valence-corrected chi connectivity index (χ3v) is 6.86. The summed E-state index contributed by atoms with van der Waals surface area (Å²) in [6.07, 6.45) is 2.52. The maximum absolute atomic E-state index is 3.64. The molecule has 2 aromatic carbocycles. The lowest BCUT2D eigenvalue weighted by atomic mass is 10.1. The van der Waals surface area contributed by atoms with Gasteiger partial charge in [0, 0.05) is 65.0 Å². The molecule has 2 N–H and O–H groups in total. The standard InChI is InChI=1S/C22H26N4S.C2H6/c1-23-17-9-12-25(15-17)22-8-7-18(27-26-10-4-11-26)14-19(22)21-13-16-5-2-3-6-20(16)24-21;1-2/h2-3,5-8,13-14,17,23-24H,4,9-12,15H2,1H3;1-2H3. The fraction of sp³-hybridized carbons (Fsp3) is 0.417. The molecule has 0 bridgehead atoms. The zero-order chi connectivity index (χ0) is 20.2. The van der Waals surface area contributed by atoms with Crippen LogP contribution in [0.2, 0.25) is 0 Å². The van der Waals surface area contributed by atoms with Gasteiger partial charge in [0.1, 0.15) is 0 Å². The summed E-state index contributed by atoms with van der Waals surface area (Å²) in [4.78, 5) is 7.50. The van der Waals surface area contributed by atoms with Gasteiger partial charge in [-0.05, 0) is 62.2 Å². The summed E-state index contributed by atoms with van der Waals surface area (Å²) >= 11 is 1.89. The van der Waals surface area contributed by atoms with E-state index in [1.807, 2.05) is 25.8 Å². The van der Waals surface area contributed by atoms with Crippen molar-refractivity contribution in [1.82, 2.24) is 14.6 Å². The van der Waals surface area contributed by atoms with Crippen LogP contribution in [0.5, 0.6) is 0 Å². The number of anilines is 1. The van der Waals surface area contributed by atoms with Gasteiger partial charge >= 0.3 is 0 Å². The van der Waals surface area contributed by atoms with Gasteiger partial charge in [0.2, 0.25) is 0 Å². The number of H-pyrrole nitrogens is 1. The number of hydrogen-bond donors (Lipinski definition) is 2. The van der Waals surface area contributed by atoms with Crippen LogP contribution in [0, 0.1) is 0 Å². The monoisotopic (exact) mass is 408 g/mol. The molecule has 2 fully saturated rings. The predicted molar refractivity (Wildman–Crippen MR) is 127 cm³/mol. The summed E-state index contributed by atoms with van der Waals surface area (Å²) in [6.45, 7) is 8.58. The molecule has 5 heteroatoms. The van der Waals surface area contributed by atoms with E-state index < -0.39 is 0 Å². The van der Waals surface area contributed by atoms with E-state index >= 15 is 0 Å². The number of benzene rings is 2. The fourth-order valence-corrected chi connectivity index (χ4v) is 5.06. The Morgan fingerprint density at radius 2 is 1.86 bits per heavy atom. The smallest absolute Gasteiger partial charge is 0.0486 e. The predicted octanol–water partition coefficient (Wildman–Crippen LogP) is 5.37. The first kappa shape index (κ1) is 20.3. The molecule has 3 heterocycles. The zero-order valence-electron chi connectivity index (χ0n) is 17.7. The van der Waals surface area contributed by atoms with Crippen molar-refractivity contribution >= 4 is 28.5 Å². The Hall–Kier alpha value is -1.95. The Morgan fingerprint density at radius 1 is 1.03 bits per heavy atom. The average molecular weight is 409 g/mol. The van der Waals surface area contributed by atoms with Crippen molar-refractivity contribution in [1.29, 1.82) is 0 Å². The molecule has 0 radical (unpaired) electrons. The second-order valence-corrected chi connectivity index (χ2v) is 8.71. The van der Waals surface area contributed by atoms with Crippen LogP contribution in [0.1, 0.15) is 26.7 Å². The molecule has 0 spiro atoms. The second-order valence-electron chi connectivity index (χ2n) is 7.54. The fourth-order valence-electron chi connectivity index (χ4n) is 4.02. The SMILES string of the molecule is CC.CNC1CCN(c2ccc(SN3CCC3)cc2-c2cc3ccccc3[nH]2)C1. The van der Waals surface area contributed by atoms with Crippen molar-refractivity contribution in [3.8, 4) is 11.3 Å². The molecule has 5 rings (SSSR count). The number of nitrogens with one attached hydrogen (secondary N) is 2. The normalized spacial score (nSPS) is 19.1. The van der Waals surface area contributed by atoms with Gasteiger partial charge < -0.3 is 15.2 Å². The maximum Gasteiger partial charge on any atom is 0.0486 e. The summed E-state index contributed by atoms with van der Waals surface area (Å²) in [5.74, 6) is 0. The lowest BCUT2D eigenvalue weighted by Crippen LogP contribution is -2.30. The van der Waals surface area contributed by atoms with Crippen molar-refractivity contribution in [2.45, 2.75) is 37.6 Å². The highest BCUT2D eigenvalue weighted by molar-refractivity contribution is 7.97. The Balaban J connectivity index is 0.000000994. The van der Waals surface area contributed by atoms with Crippen molar-refractivity contribution < 1.29 is 0 Å². The van der Waals surface area contributed by atoms with Gasteiger partial charge in [-0.3, -0.25) is 0 Å².